The molecule has 1 aromatic heterocycles. The van der Waals surface area contributed by atoms with Crippen molar-refractivity contribution in [2.45, 2.75) is 19.5 Å². The van der Waals surface area contributed by atoms with E-state index in [9.17, 15) is 9.59 Å². The van der Waals surface area contributed by atoms with Crippen molar-refractivity contribution < 1.29 is 9.59 Å². The van der Waals surface area contributed by atoms with Gasteiger partial charge in [-0.15, -0.1) is 0 Å². The van der Waals surface area contributed by atoms with Crippen molar-refractivity contribution in [1.82, 2.24) is 15.3 Å². The Morgan fingerprint density at radius 3 is 2.64 bits per heavy atom. The molecule has 0 saturated carbocycles. The fourth-order valence-electron chi connectivity index (χ4n) is 2.63. The van der Waals surface area contributed by atoms with Crippen LogP contribution in [0.15, 0.2) is 48.7 Å². The first-order chi connectivity index (χ1) is 13.5. The number of hydrogen-bond acceptors (Lipinski definition) is 6. The number of amides is 2. The molecule has 0 spiro atoms. The number of benzene rings is 2. The quantitative estimate of drug-likeness (QED) is 0.507. The van der Waals surface area contributed by atoms with E-state index in [-0.39, 0.29) is 19.0 Å². The number of fused-ring (bicyclic) bond motifs is 1. The smallest absolute Gasteiger partial charge is 0.251 e. The zero-order chi connectivity index (χ0) is 20.1. The van der Waals surface area contributed by atoms with Crippen LogP contribution in [0.2, 0.25) is 0 Å². The number of nitrogens with two attached hydrogens (primary N) is 2. The minimum absolute atomic E-state index is 0.0395. The van der Waals surface area contributed by atoms with Crippen LogP contribution < -0.4 is 22.1 Å². The van der Waals surface area contributed by atoms with Gasteiger partial charge in [-0.05, 0) is 36.8 Å². The number of carbonyl (C=O) groups is 2. The Kier molecular flexibility index (Phi) is 5.93. The third kappa shape index (κ3) is 4.48. The van der Waals surface area contributed by atoms with Gasteiger partial charge >= 0.3 is 0 Å². The molecular weight excluding hydrogens is 356 g/mol. The highest BCUT2D eigenvalue weighted by atomic mass is 16.2. The van der Waals surface area contributed by atoms with Gasteiger partial charge in [-0.2, -0.15) is 0 Å². The summed E-state index contributed by atoms with van der Waals surface area (Å²) in [7, 11) is 0. The minimum atomic E-state index is -0.801. The van der Waals surface area contributed by atoms with Gasteiger partial charge in [-0.1, -0.05) is 18.2 Å². The summed E-state index contributed by atoms with van der Waals surface area (Å²) in [6, 6.07) is 11.8. The van der Waals surface area contributed by atoms with E-state index in [1.807, 2.05) is 31.2 Å². The molecular formula is C20H22N6O2. The Labute approximate surface area is 162 Å². The van der Waals surface area contributed by atoms with Gasteiger partial charge in [0.25, 0.3) is 5.91 Å². The summed E-state index contributed by atoms with van der Waals surface area (Å²) in [4.78, 5) is 33.3. The maximum atomic E-state index is 12.6. The fraction of sp³-hybridized carbons (Fsp3) is 0.200. The van der Waals surface area contributed by atoms with Gasteiger partial charge in [-0.25, -0.2) is 4.98 Å². The van der Waals surface area contributed by atoms with Crippen LogP contribution in [0.3, 0.4) is 0 Å². The maximum absolute atomic E-state index is 12.6. The Balaban J connectivity index is 1.70. The molecule has 0 fully saturated rings. The third-order valence-electron chi connectivity index (χ3n) is 4.27. The molecule has 1 heterocycles. The second kappa shape index (κ2) is 8.55. The number of nitrogens with one attached hydrogen (secondary N) is 2. The zero-order valence-corrected chi connectivity index (χ0v) is 15.5. The van der Waals surface area contributed by atoms with E-state index < -0.39 is 11.9 Å². The third-order valence-corrected chi connectivity index (χ3v) is 4.27. The van der Waals surface area contributed by atoms with Crippen LogP contribution >= 0.6 is 0 Å². The molecule has 8 heteroatoms. The second-order valence-corrected chi connectivity index (χ2v) is 6.39. The molecule has 0 aliphatic heterocycles. The predicted octanol–water partition coefficient (Wildman–Crippen LogP) is 1.09. The first-order valence-electron chi connectivity index (χ1n) is 8.84. The van der Waals surface area contributed by atoms with Gasteiger partial charge in [0.2, 0.25) is 5.91 Å². The number of hydrogen-bond donors (Lipinski definition) is 4. The Morgan fingerprint density at radius 1 is 1.14 bits per heavy atom. The van der Waals surface area contributed by atoms with Crippen molar-refractivity contribution in [3.63, 3.8) is 0 Å². The van der Waals surface area contributed by atoms with Gasteiger partial charge < -0.3 is 22.1 Å². The monoisotopic (exact) mass is 378 g/mol. The number of para-hydroxylation sites is 2. The highest BCUT2D eigenvalue weighted by molar-refractivity contribution is 5.99. The summed E-state index contributed by atoms with van der Waals surface area (Å²) < 4.78 is 0. The van der Waals surface area contributed by atoms with E-state index in [0.717, 1.165) is 16.6 Å². The van der Waals surface area contributed by atoms with Gasteiger partial charge in [-0.3, -0.25) is 14.6 Å². The first kappa shape index (κ1) is 19.4. The van der Waals surface area contributed by atoms with Crippen LogP contribution in [0.5, 0.6) is 0 Å². The van der Waals surface area contributed by atoms with Crippen LogP contribution in [-0.2, 0) is 11.3 Å². The number of nitrogens with zero attached hydrogens (tertiary/aromatic N) is 2. The Bertz CT molecular complexity index is 1020. The van der Waals surface area contributed by atoms with Crippen LogP contribution in [0.25, 0.3) is 11.0 Å². The van der Waals surface area contributed by atoms with Crippen molar-refractivity contribution in [3.8, 4) is 0 Å². The molecule has 0 aliphatic carbocycles. The fourth-order valence-corrected chi connectivity index (χ4v) is 2.63. The molecule has 0 radical (unpaired) electrons. The molecule has 28 heavy (non-hydrogen) atoms. The maximum Gasteiger partial charge on any atom is 0.251 e. The summed E-state index contributed by atoms with van der Waals surface area (Å²) in [5.74, 6) is -0.671. The zero-order valence-electron chi connectivity index (χ0n) is 15.5. The molecule has 2 aromatic carbocycles. The summed E-state index contributed by atoms with van der Waals surface area (Å²) in [5.41, 5.74) is 14.9. The molecule has 3 aromatic rings. The van der Waals surface area contributed by atoms with Crippen LogP contribution in [0, 0.1) is 6.92 Å². The van der Waals surface area contributed by atoms with E-state index in [4.69, 9.17) is 11.5 Å². The Hall–Kier alpha value is -3.36. The number of aromatic nitrogens is 2. The Morgan fingerprint density at radius 2 is 1.89 bits per heavy atom. The average molecular weight is 378 g/mol. The largest absolute Gasteiger partial charge is 0.346 e. The first-order valence-corrected chi connectivity index (χ1v) is 8.84. The van der Waals surface area contributed by atoms with E-state index in [0.29, 0.717) is 16.9 Å². The highest BCUT2D eigenvalue weighted by Gasteiger charge is 2.14. The van der Waals surface area contributed by atoms with Crippen molar-refractivity contribution in [3.05, 3.63) is 65.5 Å². The summed E-state index contributed by atoms with van der Waals surface area (Å²) in [5, 5.41) is 5.50. The van der Waals surface area contributed by atoms with Crippen molar-refractivity contribution >= 4 is 28.5 Å². The molecule has 0 bridgehead atoms. The normalized spacial score (nSPS) is 11.8. The minimum Gasteiger partial charge on any atom is -0.346 e. The van der Waals surface area contributed by atoms with Crippen LogP contribution in [0.1, 0.15) is 21.6 Å². The molecule has 1 atom stereocenters. The van der Waals surface area contributed by atoms with Crippen molar-refractivity contribution in [2.75, 3.05) is 11.9 Å². The lowest BCUT2D eigenvalue weighted by Crippen LogP contribution is -2.41. The topological polar surface area (TPSA) is 136 Å². The standard InChI is InChI=1S/C20H22N6O2/c1-12-6-7-13(26-20(28)16(22)9-21)8-15(12)19(27)24-11-14-10-23-17-4-2-3-5-18(17)25-14/h2-8,10,16H,9,11,21-22H2,1H3,(H,24,27)(H,26,28)/t16-/m0/s1. The highest BCUT2D eigenvalue weighted by Crippen LogP contribution is 2.16. The van der Waals surface area contributed by atoms with Gasteiger partial charge in [0.1, 0.15) is 0 Å². The SMILES string of the molecule is Cc1ccc(NC(=O)[C@@H](N)CN)cc1C(=O)NCc1cnc2ccccc2n1. The van der Waals surface area contributed by atoms with Crippen molar-refractivity contribution in [2.24, 2.45) is 11.5 Å². The van der Waals surface area contributed by atoms with Crippen LogP contribution in [-0.4, -0.2) is 34.4 Å². The van der Waals surface area contributed by atoms with Gasteiger partial charge in [0, 0.05) is 17.8 Å². The van der Waals surface area contributed by atoms with E-state index in [1.54, 1.807) is 24.4 Å². The molecule has 0 aliphatic rings. The van der Waals surface area contributed by atoms with E-state index >= 15 is 0 Å². The number of aryl methyl sites for hydroxylation is 1. The summed E-state index contributed by atoms with van der Waals surface area (Å²) >= 11 is 0. The lowest BCUT2D eigenvalue weighted by molar-refractivity contribution is -0.117. The molecule has 144 valence electrons. The molecule has 6 N–H and O–H groups in total. The predicted molar refractivity (Wildman–Crippen MR) is 108 cm³/mol. The van der Waals surface area contributed by atoms with Gasteiger partial charge in [0.15, 0.2) is 0 Å². The van der Waals surface area contributed by atoms with Crippen LogP contribution in [0.4, 0.5) is 5.69 Å². The van der Waals surface area contributed by atoms with E-state index in [2.05, 4.69) is 20.6 Å². The lowest BCUT2D eigenvalue weighted by atomic mass is 10.1. The molecule has 0 unspecified atom stereocenters. The second-order valence-electron chi connectivity index (χ2n) is 6.39. The van der Waals surface area contributed by atoms with Gasteiger partial charge in [0.05, 0.1) is 35.5 Å². The lowest BCUT2D eigenvalue weighted by Gasteiger charge is -2.13. The summed E-state index contributed by atoms with van der Waals surface area (Å²) in [6.07, 6.45) is 1.64. The summed E-state index contributed by atoms with van der Waals surface area (Å²) in [6.45, 7) is 2.10. The molecule has 2 amide bonds. The molecule has 8 nitrogen and oxygen atoms in total. The molecule has 0 saturated heterocycles. The average Bonchev–Trinajstić information content (AvgIpc) is 2.72. The van der Waals surface area contributed by atoms with Crippen molar-refractivity contribution in [1.29, 1.82) is 0 Å². The number of anilines is 1. The number of rotatable bonds is 6. The number of carbonyl (C=O) groups excluding carboxylic acids is 2. The van der Waals surface area contributed by atoms with E-state index in [1.165, 1.54) is 0 Å². The molecule has 3 rings (SSSR count).